The van der Waals surface area contributed by atoms with Gasteiger partial charge in [0.1, 0.15) is 0 Å². The third-order valence-corrected chi connectivity index (χ3v) is 3.39. The number of carbonyl (C=O) groups excluding carboxylic acids is 1. The van der Waals surface area contributed by atoms with Gasteiger partial charge in [-0.1, -0.05) is 42.5 Å². The number of H-pyrrole nitrogens is 1. The molecule has 0 aliphatic carbocycles. The molecule has 0 radical (unpaired) electrons. The van der Waals surface area contributed by atoms with E-state index in [0.717, 1.165) is 16.5 Å². The van der Waals surface area contributed by atoms with Crippen molar-refractivity contribution in [2.75, 3.05) is 0 Å². The van der Waals surface area contributed by atoms with Crippen molar-refractivity contribution >= 4 is 16.8 Å². The van der Waals surface area contributed by atoms with Crippen molar-refractivity contribution < 1.29 is 4.79 Å². The zero-order chi connectivity index (χ0) is 13.9. The van der Waals surface area contributed by atoms with E-state index in [4.69, 9.17) is 0 Å². The average molecular weight is 265 g/mol. The van der Waals surface area contributed by atoms with E-state index in [2.05, 4.69) is 15.5 Å². The fraction of sp³-hybridized carbons (Fsp3) is 0.125. The van der Waals surface area contributed by atoms with Crippen molar-refractivity contribution in [3.8, 4) is 0 Å². The highest BCUT2D eigenvalue weighted by atomic mass is 16.1. The first-order valence-electron chi connectivity index (χ1n) is 6.51. The number of aromatic amines is 1. The molecule has 0 spiro atoms. The summed E-state index contributed by atoms with van der Waals surface area (Å²) in [7, 11) is 0. The Morgan fingerprint density at radius 3 is 2.75 bits per heavy atom. The lowest BCUT2D eigenvalue weighted by atomic mass is 10.1. The second-order valence-corrected chi connectivity index (χ2v) is 4.73. The van der Waals surface area contributed by atoms with Crippen LogP contribution in [0.3, 0.4) is 0 Å². The van der Waals surface area contributed by atoms with Gasteiger partial charge in [-0.15, -0.1) is 0 Å². The number of amides is 1. The molecule has 1 heterocycles. The summed E-state index contributed by atoms with van der Waals surface area (Å²) in [6, 6.07) is 15.6. The van der Waals surface area contributed by atoms with E-state index < -0.39 is 0 Å². The minimum Gasteiger partial charge on any atom is -0.347 e. The van der Waals surface area contributed by atoms with E-state index in [-0.39, 0.29) is 5.91 Å². The van der Waals surface area contributed by atoms with Crippen LogP contribution in [0, 0.1) is 6.92 Å². The summed E-state index contributed by atoms with van der Waals surface area (Å²) in [5.41, 5.74) is 3.59. The first-order chi connectivity index (χ1) is 9.75. The Balaban J connectivity index is 1.79. The van der Waals surface area contributed by atoms with Gasteiger partial charge >= 0.3 is 0 Å². The van der Waals surface area contributed by atoms with Crippen LogP contribution < -0.4 is 5.32 Å². The molecule has 0 saturated carbocycles. The summed E-state index contributed by atoms with van der Waals surface area (Å²) >= 11 is 0. The van der Waals surface area contributed by atoms with E-state index in [1.54, 1.807) is 0 Å². The van der Waals surface area contributed by atoms with Crippen molar-refractivity contribution in [1.82, 2.24) is 15.5 Å². The van der Waals surface area contributed by atoms with Crippen molar-refractivity contribution in [3.63, 3.8) is 0 Å². The van der Waals surface area contributed by atoms with Gasteiger partial charge in [-0.05, 0) is 24.1 Å². The lowest BCUT2D eigenvalue weighted by Gasteiger charge is -2.06. The summed E-state index contributed by atoms with van der Waals surface area (Å²) < 4.78 is 0. The Morgan fingerprint density at radius 1 is 1.15 bits per heavy atom. The number of fused-ring (bicyclic) bond motifs is 1. The first-order valence-corrected chi connectivity index (χ1v) is 6.51. The molecule has 0 saturated heterocycles. The molecular formula is C16H15N3O. The zero-order valence-corrected chi connectivity index (χ0v) is 11.2. The number of carbonyl (C=O) groups is 1. The topological polar surface area (TPSA) is 57.8 Å². The van der Waals surface area contributed by atoms with Gasteiger partial charge in [-0.3, -0.25) is 9.89 Å². The number of para-hydroxylation sites is 1. The molecule has 20 heavy (non-hydrogen) atoms. The predicted octanol–water partition coefficient (Wildman–Crippen LogP) is 2.80. The van der Waals surface area contributed by atoms with Crippen LogP contribution in [0.4, 0.5) is 0 Å². The highest BCUT2D eigenvalue weighted by Crippen LogP contribution is 2.15. The predicted molar refractivity (Wildman–Crippen MR) is 78.4 cm³/mol. The van der Waals surface area contributed by atoms with Crippen LogP contribution in [-0.2, 0) is 6.54 Å². The Kier molecular flexibility index (Phi) is 3.21. The van der Waals surface area contributed by atoms with E-state index >= 15 is 0 Å². The Labute approximate surface area is 116 Å². The molecule has 4 heteroatoms. The van der Waals surface area contributed by atoms with E-state index in [1.807, 2.05) is 55.5 Å². The molecule has 3 aromatic rings. The van der Waals surface area contributed by atoms with Gasteiger partial charge in [0.2, 0.25) is 0 Å². The molecule has 0 atom stereocenters. The molecule has 1 aromatic heterocycles. The maximum Gasteiger partial charge on any atom is 0.272 e. The molecule has 0 unspecified atom stereocenters. The summed E-state index contributed by atoms with van der Waals surface area (Å²) in [6.07, 6.45) is 0. The normalized spacial score (nSPS) is 10.7. The number of nitrogens with one attached hydrogen (secondary N) is 2. The largest absolute Gasteiger partial charge is 0.347 e. The second-order valence-electron chi connectivity index (χ2n) is 4.73. The molecule has 1 amide bonds. The molecular weight excluding hydrogens is 250 g/mol. The van der Waals surface area contributed by atoms with Gasteiger partial charge in [0, 0.05) is 11.9 Å². The number of hydrogen-bond acceptors (Lipinski definition) is 2. The monoisotopic (exact) mass is 265 g/mol. The van der Waals surface area contributed by atoms with E-state index in [0.29, 0.717) is 12.2 Å². The van der Waals surface area contributed by atoms with Crippen molar-refractivity contribution in [3.05, 3.63) is 65.4 Å². The van der Waals surface area contributed by atoms with Crippen molar-refractivity contribution in [2.45, 2.75) is 13.5 Å². The number of nitrogens with zero attached hydrogens (tertiary/aromatic N) is 1. The lowest BCUT2D eigenvalue weighted by Crippen LogP contribution is -2.23. The third-order valence-electron chi connectivity index (χ3n) is 3.39. The smallest absolute Gasteiger partial charge is 0.272 e. The molecule has 3 rings (SSSR count). The highest BCUT2D eigenvalue weighted by molar-refractivity contribution is 6.04. The average Bonchev–Trinajstić information content (AvgIpc) is 2.90. The van der Waals surface area contributed by atoms with E-state index in [1.165, 1.54) is 5.56 Å². The highest BCUT2D eigenvalue weighted by Gasteiger charge is 2.13. The summed E-state index contributed by atoms with van der Waals surface area (Å²) in [4.78, 5) is 12.2. The Bertz CT molecular complexity index is 761. The molecule has 0 fully saturated rings. The summed E-state index contributed by atoms with van der Waals surface area (Å²) in [5, 5.41) is 10.7. The van der Waals surface area contributed by atoms with Crippen molar-refractivity contribution in [2.24, 2.45) is 0 Å². The van der Waals surface area contributed by atoms with Gasteiger partial charge in [-0.25, -0.2) is 0 Å². The standard InChI is InChI=1S/C16H15N3O/c1-11-6-2-3-7-12(11)10-17-16(20)15-13-8-4-5-9-14(13)18-19-15/h2-9H,10H2,1H3,(H,17,20)(H,18,19). The third kappa shape index (κ3) is 2.28. The Hall–Kier alpha value is -2.62. The minimum absolute atomic E-state index is 0.161. The fourth-order valence-corrected chi connectivity index (χ4v) is 2.20. The maximum atomic E-state index is 12.2. The SMILES string of the molecule is Cc1ccccc1CNC(=O)c1n[nH]c2ccccc12. The van der Waals surface area contributed by atoms with Crippen LogP contribution in [0.1, 0.15) is 21.6 Å². The van der Waals surface area contributed by atoms with Gasteiger partial charge in [0.15, 0.2) is 5.69 Å². The van der Waals surface area contributed by atoms with Crippen LogP contribution in [-0.4, -0.2) is 16.1 Å². The van der Waals surface area contributed by atoms with Crippen LogP contribution in [0.2, 0.25) is 0 Å². The van der Waals surface area contributed by atoms with Gasteiger partial charge in [0.25, 0.3) is 5.91 Å². The summed E-state index contributed by atoms with van der Waals surface area (Å²) in [5.74, 6) is -0.161. The number of rotatable bonds is 3. The molecule has 2 aromatic carbocycles. The second kappa shape index (κ2) is 5.17. The van der Waals surface area contributed by atoms with Gasteiger partial charge in [-0.2, -0.15) is 5.10 Å². The number of aromatic nitrogens is 2. The molecule has 100 valence electrons. The van der Waals surface area contributed by atoms with Crippen LogP contribution >= 0.6 is 0 Å². The molecule has 0 aliphatic heterocycles. The number of benzene rings is 2. The van der Waals surface area contributed by atoms with Crippen LogP contribution in [0.5, 0.6) is 0 Å². The van der Waals surface area contributed by atoms with Gasteiger partial charge in [0.05, 0.1) is 5.52 Å². The first kappa shape index (κ1) is 12.4. The number of hydrogen-bond donors (Lipinski definition) is 2. The molecule has 0 aliphatic rings. The molecule has 0 bridgehead atoms. The fourth-order valence-electron chi connectivity index (χ4n) is 2.20. The van der Waals surface area contributed by atoms with Gasteiger partial charge < -0.3 is 5.32 Å². The lowest BCUT2D eigenvalue weighted by molar-refractivity contribution is 0.0947. The Morgan fingerprint density at radius 2 is 1.90 bits per heavy atom. The maximum absolute atomic E-state index is 12.2. The summed E-state index contributed by atoms with van der Waals surface area (Å²) in [6.45, 7) is 2.54. The van der Waals surface area contributed by atoms with E-state index in [9.17, 15) is 4.79 Å². The van der Waals surface area contributed by atoms with Crippen LogP contribution in [0.15, 0.2) is 48.5 Å². The zero-order valence-electron chi connectivity index (χ0n) is 11.2. The molecule has 4 nitrogen and oxygen atoms in total. The minimum atomic E-state index is -0.161. The van der Waals surface area contributed by atoms with Crippen molar-refractivity contribution in [1.29, 1.82) is 0 Å². The molecule has 2 N–H and O–H groups in total. The number of aryl methyl sites for hydroxylation is 1. The van der Waals surface area contributed by atoms with Crippen LogP contribution in [0.25, 0.3) is 10.9 Å². The quantitative estimate of drug-likeness (QED) is 0.765.